The van der Waals surface area contributed by atoms with Crippen molar-refractivity contribution in [1.82, 2.24) is 14.8 Å². The van der Waals surface area contributed by atoms with Crippen molar-refractivity contribution < 1.29 is 13.2 Å². The summed E-state index contributed by atoms with van der Waals surface area (Å²) in [4.78, 5) is 12.7. The van der Waals surface area contributed by atoms with E-state index in [4.69, 9.17) is 0 Å². The van der Waals surface area contributed by atoms with E-state index in [0.29, 0.717) is 17.8 Å². The van der Waals surface area contributed by atoms with Crippen LogP contribution in [0, 0.1) is 0 Å². The van der Waals surface area contributed by atoms with Gasteiger partial charge < -0.3 is 4.57 Å². The fourth-order valence-corrected chi connectivity index (χ4v) is 5.17. The number of carbonyl (C=O) groups excluding carboxylic acids is 1. The number of benzene rings is 1. The first-order chi connectivity index (χ1) is 13.4. The maximum Gasteiger partial charge on any atom is 0.232 e. The average Bonchev–Trinajstić information content (AvgIpc) is 3.12. The van der Waals surface area contributed by atoms with Crippen LogP contribution in [0.4, 0.5) is 5.69 Å². The first-order valence-corrected chi connectivity index (χ1v) is 12.4. The molecule has 0 saturated heterocycles. The van der Waals surface area contributed by atoms with Gasteiger partial charge in [-0.05, 0) is 43.0 Å². The number of unbranched alkanes of at least 4 members (excludes halogenated alkanes) is 2. The average molecular weight is 423 g/mol. The van der Waals surface area contributed by atoms with Crippen LogP contribution < -0.4 is 4.31 Å². The molecule has 1 aliphatic heterocycles. The molecule has 2 heterocycles. The van der Waals surface area contributed by atoms with Gasteiger partial charge in [0.2, 0.25) is 10.0 Å². The number of thioether (sulfide) groups is 1. The van der Waals surface area contributed by atoms with Crippen molar-refractivity contribution in [3.63, 3.8) is 0 Å². The van der Waals surface area contributed by atoms with E-state index in [0.717, 1.165) is 49.4 Å². The molecule has 28 heavy (non-hydrogen) atoms. The van der Waals surface area contributed by atoms with E-state index in [9.17, 15) is 13.2 Å². The Kier molecular flexibility index (Phi) is 6.77. The van der Waals surface area contributed by atoms with Crippen molar-refractivity contribution >= 4 is 33.3 Å². The Hall–Kier alpha value is -1.87. The molecule has 1 aliphatic rings. The Morgan fingerprint density at radius 1 is 1.29 bits per heavy atom. The van der Waals surface area contributed by atoms with Gasteiger partial charge in [-0.15, -0.1) is 10.2 Å². The van der Waals surface area contributed by atoms with Crippen molar-refractivity contribution in [2.24, 2.45) is 0 Å². The van der Waals surface area contributed by atoms with Crippen LogP contribution >= 0.6 is 11.8 Å². The van der Waals surface area contributed by atoms with E-state index in [1.54, 1.807) is 18.5 Å². The first kappa shape index (κ1) is 20.9. The number of aryl methyl sites for hydroxylation is 2. The quantitative estimate of drug-likeness (QED) is 0.351. The molecule has 0 spiro atoms. The third kappa shape index (κ3) is 4.94. The van der Waals surface area contributed by atoms with Crippen molar-refractivity contribution in [3.8, 4) is 0 Å². The predicted octanol–water partition coefficient (Wildman–Crippen LogP) is 3.16. The summed E-state index contributed by atoms with van der Waals surface area (Å²) in [5, 5.41) is 8.83. The van der Waals surface area contributed by atoms with Crippen molar-refractivity contribution in [2.75, 3.05) is 22.9 Å². The highest BCUT2D eigenvalue weighted by Gasteiger charge is 2.24. The summed E-state index contributed by atoms with van der Waals surface area (Å²) >= 11 is 1.39. The van der Waals surface area contributed by atoms with E-state index < -0.39 is 10.0 Å². The van der Waals surface area contributed by atoms with E-state index in [1.165, 1.54) is 22.3 Å². The molecule has 3 rings (SSSR count). The topological polar surface area (TPSA) is 85.2 Å². The number of fused-ring (bicyclic) bond motifs is 1. The third-order valence-corrected chi connectivity index (χ3v) is 6.95. The first-order valence-electron chi connectivity index (χ1n) is 9.54. The van der Waals surface area contributed by atoms with Crippen LogP contribution in [-0.2, 0) is 23.0 Å². The van der Waals surface area contributed by atoms with Gasteiger partial charge in [0.1, 0.15) is 6.33 Å². The molecule has 152 valence electrons. The zero-order valence-electron chi connectivity index (χ0n) is 16.3. The molecule has 0 radical (unpaired) electrons. The summed E-state index contributed by atoms with van der Waals surface area (Å²) in [6.07, 6.45) is 7.83. The van der Waals surface area contributed by atoms with Crippen LogP contribution in [0.5, 0.6) is 0 Å². The van der Waals surface area contributed by atoms with Gasteiger partial charge >= 0.3 is 0 Å². The molecule has 1 aromatic heterocycles. The summed E-state index contributed by atoms with van der Waals surface area (Å²) in [5.74, 6) is 0.286. The fourth-order valence-electron chi connectivity index (χ4n) is 3.34. The van der Waals surface area contributed by atoms with Crippen LogP contribution in [-0.4, -0.2) is 47.5 Å². The molecule has 7 nitrogen and oxygen atoms in total. The maximum absolute atomic E-state index is 12.7. The highest BCUT2D eigenvalue weighted by atomic mass is 32.2. The van der Waals surface area contributed by atoms with E-state index in [1.807, 2.05) is 10.6 Å². The molecule has 0 aliphatic carbocycles. The Morgan fingerprint density at radius 2 is 2.11 bits per heavy atom. The molecule has 0 saturated carbocycles. The second-order valence-electron chi connectivity index (χ2n) is 7.01. The minimum atomic E-state index is -3.30. The second-order valence-corrected chi connectivity index (χ2v) is 9.86. The van der Waals surface area contributed by atoms with Crippen molar-refractivity contribution in [3.05, 3.63) is 35.7 Å². The summed E-state index contributed by atoms with van der Waals surface area (Å²) < 4.78 is 27.4. The molecule has 0 amide bonds. The normalized spacial score (nSPS) is 14.1. The molecular formula is C19H26N4O3S2. The van der Waals surface area contributed by atoms with Crippen LogP contribution in [0.1, 0.15) is 48.5 Å². The van der Waals surface area contributed by atoms with E-state index >= 15 is 0 Å². The molecule has 0 N–H and O–H groups in total. The molecule has 0 unspecified atom stereocenters. The van der Waals surface area contributed by atoms with Crippen molar-refractivity contribution in [1.29, 1.82) is 0 Å². The smallest absolute Gasteiger partial charge is 0.232 e. The van der Waals surface area contributed by atoms with E-state index in [2.05, 4.69) is 17.1 Å². The van der Waals surface area contributed by atoms with Gasteiger partial charge in [-0.3, -0.25) is 9.10 Å². The van der Waals surface area contributed by atoms with Gasteiger partial charge in [0.25, 0.3) is 0 Å². The lowest BCUT2D eigenvalue weighted by Crippen LogP contribution is -2.34. The largest absolute Gasteiger partial charge is 0.309 e. The second kappa shape index (κ2) is 9.09. The SMILES string of the molecule is CCCCCn1cnnc1SCC(=O)c1ccc2c(c1)CCCN2S(C)(=O)=O. The number of hydrogen-bond donors (Lipinski definition) is 0. The third-order valence-electron chi connectivity index (χ3n) is 4.79. The van der Waals surface area contributed by atoms with E-state index in [-0.39, 0.29) is 11.5 Å². The number of ketones is 1. The monoisotopic (exact) mass is 422 g/mol. The summed E-state index contributed by atoms with van der Waals surface area (Å²) in [6, 6.07) is 5.30. The molecule has 0 fully saturated rings. The lowest BCUT2D eigenvalue weighted by molar-refractivity contribution is 0.102. The number of anilines is 1. The highest BCUT2D eigenvalue weighted by molar-refractivity contribution is 7.99. The Balaban J connectivity index is 1.67. The molecular weight excluding hydrogens is 396 g/mol. The maximum atomic E-state index is 12.7. The van der Waals surface area contributed by atoms with Gasteiger partial charge in [0.05, 0.1) is 17.7 Å². The zero-order chi connectivity index (χ0) is 20.1. The number of sulfonamides is 1. The number of rotatable bonds is 9. The molecule has 0 bridgehead atoms. The van der Waals surface area contributed by atoms with Gasteiger partial charge in [-0.2, -0.15) is 0 Å². The van der Waals surface area contributed by atoms with Crippen LogP contribution in [0.15, 0.2) is 29.7 Å². The predicted molar refractivity (Wildman–Crippen MR) is 112 cm³/mol. The lowest BCUT2D eigenvalue weighted by Gasteiger charge is -2.29. The van der Waals surface area contributed by atoms with Gasteiger partial charge in [-0.1, -0.05) is 31.5 Å². The zero-order valence-corrected chi connectivity index (χ0v) is 17.9. The Labute approximate surface area is 170 Å². The number of Topliss-reactive ketones (excluding diaryl/α,β-unsaturated/α-hetero) is 1. The number of hydrogen-bond acceptors (Lipinski definition) is 6. The minimum Gasteiger partial charge on any atom is -0.309 e. The Morgan fingerprint density at radius 3 is 2.86 bits per heavy atom. The van der Waals surface area contributed by atoms with Crippen LogP contribution in [0.25, 0.3) is 0 Å². The van der Waals surface area contributed by atoms with Gasteiger partial charge in [0, 0.05) is 18.7 Å². The summed E-state index contributed by atoms with van der Waals surface area (Å²) in [6.45, 7) is 3.51. The molecule has 2 aromatic rings. The lowest BCUT2D eigenvalue weighted by atomic mass is 9.99. The molecule has 1 aromatic carbocycles. The molecule has 0 atom stereocenters. The van der Waals surface area contributed by atoms with Gasteiger partial charge in [0.15, 0.2) is 10.9 Å². The minimum absolute atomic E-state index is 0.00684. The summed E-state index contributed by atoms with van der Waals surface area (Å²) in [5.41, 5.74) is 2.21. The fraction of sp³-hybridized carbons (Fsp3) is 0.526. The highest BCUT2D eigenvalue weighted by Crippen LogP contribution is 2.30. The summed E-state index contributed by atoms with van der Waals surface area (Å²) in [7, 11) is -3.30. The van der Waals surface area contributed by atoms with Crippen LogP contribution in [0.2, 0.25) is 0 Å². The van der Waals surface area contributed by atoms with Crippen LogP contribution in [0.3, 0.4) is 0 Å². The molecule has 9 heteroatoms. The van der Waals surface area contributed by atoms with Crippen molar-refractivity contribution in [2.45, 2.75) is 50.7 Å². The standard InChI is InChI=1S/C19H26N4O3S2/c1-3-4-5-10-22-14-20-21-19(22)27-13-18(24)16-8-9-17-15(12-16)7-6-11-23(17)28(2,25)26/h8-9,12,14H,3-7,10-11,13H2,1-2H3. The number of carbonyl (C=O) groups is 1. The number of nitrogens with zero attached hydrogens (tertiary/aromatic N) is 4. The van der Waals surface area contributed by atoms with Gasteiger partial charge in [-0.25, -0.2) is 8.42 Å². The Bertz CT molecular complexity index is 940. The number of aromatic nitrogens is 3.